The van der Waals surface area contributed by atoms with Crippen molar-refractivity contribution >= 4 is 17.2 Å². The number of carbonyl (C=O) groups is 1. The first-order chi connectivity index (χ1) is 12.3. The Bertz CT molecular complexity index is 715. The Hall–Kier alpha value is -1.83. The predicted molar refractivity (Wildman–Crippen MR) is 93.4 cm³/mol. The lowest BCUT2D eigenvalue weighted by Gasteiger charge is -2.15. The predicted octanol–water partition coefficient (Wildman–Crippen LogP) is 2.82. The summed E-state index contributed by atoms with van der Waals surface area (Å²) in [5, 5.41) is 2.77. The third kappa shape index (κ3) is 3.89. The third-order valence-electron chi connectivity index (χ3n) is 4.61. The lowest BCUT2D eigenvalue weighted by atomic mass is 10.2. The molecule has 4 heterocycles. The molecule has 0 saturated carbocycles. The van der Waals surface area contributed by atoms with Crippen LogP contribution in [-0.2, 0) is 16.1 Å². The Kier molecular flexibility index (Phi) is 5.05. The van der Waals surface area contributed by atoms with Gasteiger partial charge in [-0.2, -0.15) is 0 Å². The fourth-order valence-corrected chi connectivity index (χ4v) is 4.08. The van der Waals surface area contributed by atoms with Crippen molar-refractivity contribution in [2.24, 2.45) is 0 Å². The van der Waals surface area contributed by atoms with E-state index in [9.17, 15) is 4.79 Å². The molecule has 0 spiro atoms. The maximum Gasteiger partial charge on any atom is 0.273 e. The van der Waals surface area contributed by atoms with E-state index < -0.39 is 0 Å². The minimum atomic E-state index is -0.00416. The van der Waals surface area contributed by atoms with E-state index in [2.05, 4.69) is 9.97 Å². The molecular formula is C18H21N3O3S. The molecule has 132 valence electrons. The molecule has 2 aromatic rings. The van der Waals surface area contributed by atoms with Crippen molar-refractivity contribution in [3.8, 4) is 0 Å². The van der Waals surface area contributed by atoms with Crippen molar-refractivity contribution in [3.63, 3.8) is 0 Å². The number of carbonyl (C=O) groups excluding carboxylic acids is 1. The Labute approximate surface area is 150 Å². The molecule has 0 bridgehead atoms. The summed E-state index contributed by atoms with van der Waals surface area (Å²) < 4.78 is 11.6. The average molecular weight is 359 g/mol. The minimum absolute atomic E-state index is 0.00416. The Morgan fingerprint density at radius 1 is 1.36 bits per heavy atom. The average Bonchev–Trinajstić information content (AvgIpc) is 3.41. The van der Waals surface area contributed by atoms with E-state index in [-0.39, 0.29) is 18.1 Å². The van der Waals surface area contributed by atoms with Crippen molar-refractivity contribution < 1.29 is 14.3 Å². The van der Waals surface area contributed by atoms with E-state index in [4.69, 9.17) is 9.47 Å². The number of rotatable bonds is 5. The van der Waals surface area contributed by atoms with Gasteiger partial charge in [0.25, 0.3) is 5.91 Å². The van der Waals surface area contributed by atoms with Gasteiger partial charge in [0.1, 0.15) is 16.8 Å². The summed E-state index contributed by atoms with van der Waals surface area (Å²) in [7, 11) is 0. The van der Waals surface area contributed by atoms with Crippen LogP contribution in [-0.4, -0.2) is 46.6 Å². The first-order valence-electron chi connectivity index (χ1n) is 8.66. The van der Waals surface area contributed by atoms with E-state index in [1.54, 1.807) is 12.4 Å². The van der Waals surface area contributed by atoms with Crippen LogP contribution in [0.5, 0.6) is 0 Å². The maximum absolute atomic E-state index is 12.7. The highest BCUT2D eigenvalue weighted by atomic mass is 32.1. The standard InChI is InChI=1S/C18H21N3O3S/c22-18(15-12-25-17(20-15)16-2-1-9-23-16)21-8-5-14(10-21)24-11-13-3-6-19-7-4-13/h3-4,6-7,12,14,16H,1-2,5,8-11H2/t14-,16+/m0/s1. The Morgan fingerprint density at radius 3 is 3.04 bits per heavy atom. The molecule has 0 aromatic carbocycles. The molecule has 4 rings (SSSR count). The highest BCUT2D eigenvalue weighted by Gasteiger charge is 2.30. The number of pyridine rings is 1. The highest BCUT2D eigenvalue weighted by Crippen LogP contribution is 2.31. The normalized spacial score (nSPS) is 23.3. The zero-order valence-corrected chi connectivity index (χ0v) is 14.8. The topological polar surface area (TPSA) is 64.5 Å². The number of ether oxygens (including phenoxy) is 2. The first kappa shape index (κ1) is 16.6. The summed E-state index contributed by atoms with van der Waals surface area (Å²) >= 11 is 1.52. The van der Waals surface area contributed by atoms with Gasteiger partial charge < -0.3 is 14.4 Å². The molecule has 2 saturated heterocycles. The van der Waals surface area contributed by atoms with Crippen molar-refractivity contribution in [1.29, 1.82) is 0 Å². The SMILES string of the molecule is O=C(c1csc([C@H]2CCCO2)n1)N1CC[C@H](OCc2ccncc2)C1. The van der Waals surface area contributed by atoms with Crippen molar-refractivity contribution in [2.45, 2.75) is 38.1 Å². The number of thiazole rings is 1. The van der Waals surface area contributed by atoms with Crippen molar-refractivity contribution in [1.82, 2.24) is 14.9 Å². The molecule has 6 nitrogen and oxygen atoms in total. The second kappa shape index (κ2) is 7.59. The van der Waals surface area contributed by atoms with Crippen LogP contribution in [0.3, 0.4) is 0 Å². The second-order valence-electron chi connectivity index (χ2n) is 6.40. The lowest BCUT2D eigenvalue weighted by Crippen LogP contribution is -2.30. The first-order valence-corrected chi connectivity index (χ1v) is 9.54. The fraction of sp³-hybridized carbons (Fsp3) is 0.500. The van der Waals surface area contributed by atoms with Crippen LogP contribution in [0.1, 0.15) is 46.4 Å². The zero-order valence-electron chi connectivity index (χ0n) is 14.0. The van der Waals surface area contributed by atoms with Gasteiger partial charge >= 0.3 is 0 Å². The van der Waals surface area contributed by atoms with Crippen molar-refractivity contribution in [2.75, 3.05) is 19.7 Å². The quantitative estimate of drug-likeness (QED) is 0.821. The summed E-state index contributed by atoms with van der Waals surface area (Å²) in [4.78, 5) is 23.0. The van der Waals surface area contributed by atoms with Gasteiger partial charge in [-0.3, -0.25) is 9.78 Å². The molecule has 0 unspecified atom stereocenters. The van der Waals surface area contributed by atoms with Crippen LogP contribution < -0.4 is 0 Å². The van der Waals surface area contributed by atoms with E-state index in [1.807, 2.05) is 22.4 Å². The molecule has 0 radical (unpaired) electrons. The van der Waals surface area contributed by atoms with Crippen LogP contribution in [0.2, 0.25) is 0 Å². The third-order valence-corrected chi connectivity index (χ3v) is 5.55. The fourth-order valence-electron chi connectivity index (χ4n) is 3.21. The molecule has 2 aliphatic heterocycles. The zero-order chi connectivity index (χ0) is 17.1. The Balaban J connectivity index is 1.31. The summed E-state index contributed by atoms with van der Waals surface area (Å²) in [6.07, 6.45) is 6.59. The van der Waals surface area contributed by atoms with Gasteiger partial charge in [0.2, 0.25) is 0 Å². The van der Waals surface area contributed by atoms with Gasteiger partial charge in [0.05, 0.1) is 12.7 Å². The van der Waals surface area contributed by atoms with Crippen LogP contribution in [0, 0.1) is 0 Å². The highest BCUT2D eigenvalue weighted by molar-refractivity contribution is 7.09. The summed E-state index contributed by atoms with van der Waals surface area (Å²) in [5.74, 6) is -0.00416. The van der Waals surface area contributed by atoms with Crippen LogP contribution in [0.4, 0.5) is 0 Å². The maximum atomic E-state index is 12.7. The monoisotopic (exact) mass is 359 g/mol. The molecule has 2 atom stereocenters. The summed E-state index contributed by atoms with van der Waals surface area (Å²) in [6.45, 7) is 2.68. The van der Waals surface area contributed by atoms with Crippen LogP contribution >= 0.6 is 11.3 Å². The molecular weight excluding hydrogens is 338 g/mol. The van der Waals surface area contributed by atoms with Gasteiger partial charge in [-0.1, -0.05) is 0 Å². The van der Waals surface area contributed by atoms with E-state index >= 15 is 0 Å². The Morgan fingerprint density at radius 2 is 2.24 bits per heavy atom. The number of aromatic nitrogens is 2. The largest absolute Gasteiger partial charge is 0.372 e. The van der Waals surface area contributed by atoms with E-state index in [0.29, 0.717) is 25.4 Å². The van der Waals surface area contributed by atoms with Gasteiger partial charge in [0, 0.05) is 37.5 Å². The van der Waals surface area contributed by atoms with E-state index in [0.717, 1.165) is 36.4 Å². The van der Waals surface area contributed by atoms with Gasteiger partial charge in [0.15, 0.2) is 0 Å². The number of hydrogen-bond donors (Lipinski definition) is 0. The van der Waals surface area contributed by atoms with Gasteiger partial charge in [-0.15, -0.1) is 11.3 Å². The number of hydrogen-bond acceptors (Lipinski definition) is 6. The molecule has 2 aliphatic rings. The van der Waals surface area contributed by atoms with Crippen LogP contribution in [0.25, 0.3) is 0 Å². The molecule has 2 fully saturated rings. The molecule has 2 aromatic heterocycles. The van der Waals surface area contributed by atoms with Crippen LogP contribution in [0.15, 0.2) is 29.9 Å². The number of amides is 1. The molecule has 0 N–H and O–H groups in total. The van der Waals surface area contributed by atoms with Gasteiger partial charge in [-0.25, -0.2) is 4.98 Å². The summed E-state index contributed by atoms with van der Waals surface area (Å²) in [5.41, 5.74) is 1.63. The lowest BCUT2D eigenvalue weighted by molar-refractivity contribution is 0.0436. The number of likely N-dealkylation sites (tertiary alicyclic amines) is 1. The summed E-state index contributed by atoms with van der Waals surface area (Å²) in [6, 6.07) is 3.89. The smallest absolute Gasteiger partial charge is 0.273 e. The second-order valence-corrected chi connectivity index (χ2v) is 7.29. The molecule has 7 heteroatoms. The molecule has 25 heavy (non-hydrogen) atoms. The number of nitrogens with zero attached hydrogens (tertiary/aromatic N) is 3. The van der Waals surface area contributed by atoms with E-state index in [1.165, 1.54) is 11.3 Å². The molecule has 1 amide bonds. The van der Waals surface area contributed by atoms with Crippen molar-refractivity contribution in [3.05, 3.63) is 46.2 Å². The minimum Gasteiger partial charge on any atom is -0.372 e. The van der Waals surface area contributed by atoms with Gasteiger partial charge in [-0.05, 0) is 37.0 Å². The molecule has 0 aliphatic carbocycles.